The number of nitrogens with one attached hydrogen (secondary N) is 1. The summed E-state index contributed by atoms with van der Waals surface area (Å²) < 4.78 is 10.6. The molecule has 0 bridgehead atoms. The Bertz CT molecular complexity index is 807. The second-order valence-electron chi connectivity index (χ2n) is 7.83. The van der Waals surface area contributed by atoms with Crippen molar-refractivity contribution in [3.05, 3.63) is 48.0 Å². The minimum atomic E-state index is -0.853. The molecule has 1 aliphatic heterocycles. The molecule has 2 amide bonds. The Morgan fingerprint density at radius 3 is 2.62 bits per heavy atom. The second kappa shape index (κ2) is 14.0. The predicted octanol–water partition coefficient (Wildman–Crippen LogP) is 3.96. The number of aliphatic imine (C=N–C) groups is 1. The number of cyclic esters (lactones) is 1. The second-order valence-corrected chi connectivity index (χ2v) is 7.83. The van der Waals surface area contributed by atoms with Gasteiger partial charge in [-0.25, -0.2) is 4.79 Å². The summed E-state index contributed by atoms with van der Waals surface area (Å²) in [5.41, 5.74) is 0.818. The van der Waals surface area contributed by atoms with Crippen molar-refractivity contribution in [1.29, 1.82) is 0 Å². The van der Waals surface area contributed by atoms with Crippen LogP contribution in [0.2, 0.25) is 0 Å². The van der Waals surface area contributed by atoms with E-state index in [-0.39, 0.29) is 31.1 Å². The van der Waals surface area contributed by atoms with Gasteiger partial charge in [0.15, 0.2) is 0 Å². The van der Waals surface area contributed by atoms with Crippen LogP contribution in [0.4, 0.5) is 4.79 Å². The first-order valence-corrected chi connectivity index (χ1v) is 11.1. The summed E-state index contributed by atoms with van der Waals surface area (Å²) in [5.74, 6) is -0.775. The van der Waals surface area contributed by atoms with Gasteiger partial charge < -0.3 is 14.4 Å². The van der Waals surface area contributed by atoms with E-state index in [0.717, 1.165) is 37.7 Å². The van der Waals surface area contributed by atoms with Gasteiger partial charge in [0.1, 0.15) is 13.2 Å². The smallest absolute Gasteiger partial charge is 0.437 e. The Kier molecular flexibility index (Phi) is 11.0. The molecule has 0 saturated heterocycles. The fourth-order valence-electron chi connectivity index (χ4n) is 3.13. The largest absolute Gasteiger partial charge is 0.461 e. The molecule has 8 nitrogen and oxygen atoms in total. The topological polar surface area (TPSA) is 97.3 Å². The molecule has 0 radical (unpaired) electrons. The number of rotatable bonds is 2. The van der Waals surface area contributed by atoms with Gasteiger partial charge >= 0.3 is 12.1 Å². The van der Waals surface area contributed by atoms with Crippen LogP contribution in [0, 0.1) is 0 Å². The first-order valence-electron chi connectivity index (χ1n) is 11.1. The molecule has 32 heavy (non-hydrogen) atoms. The van der Waals surface area contributed by atoms with Crippen molar-refractivity contribution < 1.29 is 23.9 Å². The van der Waals surface area contributed by atoms with Gasteiger partial charge in [0.2, 0.25) is 11.9 Å². The summed E-state index contributed by atoms with van der Waals surface area (Å²) in [6, 6.07) is 9.21. The van der Waals surface area contributed by atoms with Crippen LogP contribution < -0.4 is 5.32 Å². The quantitative estimate of drug-likeness (QED) is 0.549. The molecule has 2 rings (SSSR count). The molecule has 1 aliphatic rings. The van der Waals surface area contributed by atoms with Crippen LogP contribution in [0.3, 0.4) is 0 Å². The van der Waals surface area contributed by atoms with Gasteiger partial charge in [0.25, 0.3) is 0 Å². The van der Waals surface area contributed by atoms with Gasteiger partial charge in [-0.1, -0.05) is 42.5 Å². The van der Waals surface area contributed by atoms with E-state index in [1.54, 1.807) is 7.05 Å². The standard InChI is InChI=1S/C24H33N3O5/c1-19-13-9-6-4-3-5-7-12-16-21(28)25-23(27(2)17-22(29)32-19)26-24(30)31-18-20-14-10-8-11-15-20/h3-4,8,10-11,14-15,19H,5-7,9,12-13,16-18H2,1-2H3,(H,25,26,28,30)/b4-3+. The van der Waals surface area contributed by atoms with Crippen LogP contribution >= 0.6 is 0 Å². The van der Waals surface area contributed by atoms with Crippen LogP contribution in [0.25, 0.3) is 0 Å². The average Bonchev–Trinajstić information content (AvgIpc) is 2.76. The van der Waals surface area contributed by atoms with E-state index >= 15 is 0 Å². The molecule has 0 aromatic heterocycles. The number of hydrogen-bond acceptors (Lipinski definition) is 5. The van der Waals surface area contributed by atoms with E-state index in [4.69, 9.17) is 9.47 Å². The highest BCUT2D eigenvalue weighted by Crippen LogP contribution is 2.08. The van der Waals surface area contributed by atoms with Crippen molar-refractivity contribution in [1.82, 2.24) is 10.2 Å². The molecule has 0 spiro atoms. The summed E-state index contributed by atoms with van der Waals surface area (Å²) in [4.78, 5) is 42.2. The number of likely N-dealkylation sites (N-methyl/N-ethyl adjacent to an activating group) is 1. The maximum absolute atomic E-state index is 12.4. The average molecular weight is 444 g/mol. The molecule has 1 aromatic rings. The summed E-state index contributed by atoms with van der Waals surface area (Å²) in [6.07, 6.45) is 8.62. The fraction of sp³-hybridized carbons (Fsp3) is 0.500. The number of hydrogen-bond donors (Lipinski definition) is 1. The normalized spacial score (nSPS) is 21.9. The van der Waals surface area contributed by atoms with Gasteiger partial charge in [-0.3, -0.25) is 14.9 Å². The molecule has 8 heteroatoms. The van der Waals surface area contributed by atoms with Gasteiger partial charge in [-0.15, -0.1) is 4.99 Å². The number of guanidine groups is 1. The van der Waals surface area contributed by atoms with E-state index in [1.165, 1.54) is 4.90 Å². The van der Waals surface area contributed by atoms with Crippen LogP contribution in [0.5, 0.6) is 0 Å². The number of ether oxygens (including phenoxy) is 2. The van der Waals surface area contributed by atoms with Gasteiger partial charge in [-0.2, -0.15) is 0 Å². The van der Waals surface area contributed by atoms with Crippen molar-refractivity contribution in [2.45, 2.75) is 64.6 Å². The molecule has 1 unspecified atom stereocenters. The third-order valence-electron chi connectivity index (χ3n) is 4.89. The molecule has 1 atom stereocenters. The molecule has 0 saturated carbocycles. The molecule has 1 aromatic carbocycles. The Balaban J connectivity index is 2.06. The summed E-state index contributed by atoms with van der Waals surface area (Å²) in [5, 5.41) is 2.63. The van der Waals surface area contributed by atoms with Crippen LogP contribution in [-0.2, 0) is 25.7 Å². The van der Waals surface area contributed by atoms with E-state index in [2.05, 4.69) is 22.5 Å². The van der Waals surface area contributed by atoms with Crippen molar-refractivity contribution in [2.24, 2.45) is 4.99 Å². The minimum absolute atomic E-state index is 0.0399. The van der Waals surface area contributed by atoms with Crippen LogP contribution in [0.1, 0.15) is 57.4 Å². The number of esters is 1. The van der Waals surface area contributed by atoms with Crippen molar-refractivity contribution in [3.8, 4) is 0 Å². The maximum Gasteiger partial charge on any atom is 0.437 e. The van der Waals surface area contributed by atoms with E-state index in [1.807, 2.05) is 37.3 Å². The Morgan fingerprint density at radius 1 is 1.16 bits per heavy atom. The summed E-state index contributed by atoms with van der Waals surface area (Å²) in [7, 11) is 1.56. The predicted molar refractivity (Wildman–Crippen MR) is 122 cm³/mol. The molecule has 1 N–H and O–H groups in total. The maximum atomic E-state index is 12.4. The number of benzene rings is 1. The number of nitrogens with zero attached hydrogens (tertiary/aromatic N) is 2. The molecule has 174 valence electrons. The molecular formula is C24H33N3O5. The lowest BCUT2D eigenvalue weighted by molar-refractivity contribution is -0.148. The van der Waals surface area contributed by atoms with Crippen molar-refractivity contribution in [3.63, 3.8) is 0 Å². The Hall–Kier alpha value is -3.16. The van der Waals surface area contributed by atoms with Gasteiger partial charge in [-0.05, 0) is 51.0 Å². The highest BCUT2D eigenvalue weighted by molar-refractivity contribution is 6.01. The SMILES string of the molecule is CC1CCC/C=C/CCCCC(=O)N/C(=N/C(=O)OCc2ccccc2)N(C)CC(=O)O1. The highest BCUT2D eigenvalue weighted by atomic mass is 16.5. The third-order valence-corrected chi connectivity index (χ3v) is 4.89. The van der Waals surface area contributed by atoms with E-state index in [0.29, 0.717) is 12.8 Å². The van der Waals surface area contributed by atoms with Gasteiger partial charge in [0, 0.05) is 13.5 Å². The zero-order valence-electron chi connectivity index (χ0n) is 18.9. The summed E-state index contributed by atoms with van der Waals surface area (Å²) >= 11 is 0. The Morgan fingerprint density at radius 2 is 1.88 bits per heavy atom. The number of carbonyl (C=O) groups is 3. The van der Waals surface area contributed by atoms with Gasteiger partial charge in [0.05, 0.1) is 6.10 Å². The van der Waals surface area contributed by atoms with Crippen LogP contribution in [-0.4, -0.2) is 48.5 Å². The summed E-state index contributed by atoms with van der Waals surface area (Å²) in [6.45, 7) is 1.75. The van der Waals surface area contributed by atoms with E-state index < -0.39 is 12.1 Å². The lowest BCUT2D eigenvalue weighted by atomic mass is 10.1. The number of carbonyl (C=O) groups excluding carboxylic acids is 3. The van der Waals surface area contributed by atoms with Crippen molar-refractivity contribution >= 4 is 23.9 Å². The highest BCUT2D eigenvalue weighted by Gasteiger charge is 2.18. The molecule has 0 aliphatic carbocycles. The first-order chi connectivity index (χ1) is 15.4. The zero-order chi connectivity index (χ0) is 23.2. The Labute approximate surface area is 189 Å². The van der Waals surface area contributed by atoms with Crippen LogP contribution in [0.15, 0.2) is 47.5 Å². The lowest BCUT2D eigenvalue weighted by Crippen LogP contribution is -2.45. The first kappa shape index (κ1) is 25.1. The third kappa shape index (κ3) is 10.2. The monoisotopic (exact) mass is 443 g/mol. The molecule has 0 fully saturated rings. The van der Waals surface area contributed by atoms with Crippen molar-refractivity contribution in [2.75, 3.05) is 13.6 Å². The number of amides is 2. The fourth-order valence-corrected chi connectivity index (χ4v) is 3.13. The minimum Gasteiger partial charge on any atom is -0.461 e. The number of allylic oxidation sites excluding steroid dienone is 2. The molecular weight excluding hydrogens is 410 g/mol. The zero-order valence-corrected chi connectivity index (χ0v) is 18.9. The van der Waals surface area contributed by atoms with E-state index in [9.17, 15) is 14.4 Å². The lowest BCUT2D eigenvalue weighted by Gasteiger charge is -2.21. The molecule has 1 heterocycles.